The summed E-state index contributed by atoms with van der Waals surface area (Å²) < 4.78 is 9.52. The van der Waals surface area contributed by atoms with Gasteiger partial charge in [0.15, 0.2) is 5.82 Å². The van der Waals surface area contributed by atoms with Gasteiger partial charge in [0.1, 0.15) is 16.6 Å². The Kier molecular flexibility index (Phi) is 7.63. The summed E-state index contributed by atoms with van der Waals surface area (Å²) in [7, 11) is 4.15. The highest BCUT2D eigenvalue weighted by Crippen LogP contribution is 2.38. The first-order chi connectivity index (χ1) is 22.5. The van der Waals surface area contributed by atoms with E-state index in [0.717, 1.165) is 46.0 Å². The summed E-state index contributed by atoms with van der Waals surface area (Å²) >= 11 is 0. The van der Waals surface area contributed by atoms with E-state index in [1.807, 2.05) is 81.8 Å². The fourth-order valence-corrected chi connectivity index (χ4v) is 6.98. The molecule has 0 N–H and O–H groups in total. The normalized spacial score (nSPS) is 19.0. The SMILES string of the molecule is CN(C)C1CN(c2nc3c(=O)n(-c4cccc5ccccc45)ccc3c3c2ncn3[C@H]2CCN(C(=O)OC(C)(C)C)[C@H](CC#N)C2)C1. The van der Waals surface area contributed by atoms with Crippen LogP contribution in [0.1, 0.15) is 46.1 Å². The molecule has 0 saturated carbocycles. The van der Waals surface area contributed by atoms with E-state index < -0.39 is 11.7 Å². The van der Waals surface area contributed by atoms with Gasteiger partial charge in [-0.1, -0.05) is 36.4 Å². The number of carbonyl (C=O) groups is 1. The number of hydrogen-bond donors (Lipinski definition) is 0. The van der Waals surface area contributed by atoms with Crippen LogP contribution in [0.5, 0.6) is 0 Å². The molecule has 0 bridgehead atoms. The molecule has 5 aromatic rings. The summed E-state index contributed by atoms with van der Waals surface area (Å²) in [5, 5.41) is 12.5. The maximum atomic E-state index is 14.4. The number of likely N-dealkylation sites (tertiary alicyclic amines) is 1. The molecule has 0 aliphatic carbocycles. The number of pyridine rings is 2. The second-order valence-corrected chi connectivity index (χ2v) is 13.9. The van der Waals surface area contributed by atoms with Crippen molar-refractivity contribution in [3.05, 3.63) is 71.4 Å². The summed E-state index contributed by atoms with van der Waals surface area (Å²) in [6, 6.07) is 18.3. The van der Waals surface area contributed by atoms with Crippen LogP contribution in [0, 0.1) is 11.3 Å². The lowest BCUT2D eigenvalue weighted by Gasteiger charge is -2.43. The van der Waals surface area contributed by atoms with Crippen LogP contribution in [0.3, 0.4) is 0 Å². The molecule has 5 heterocycles. The Morgan fingerprint density at radius 3 is 2.57 bits per heavy atom. The number of anilines is 1. The number of amides is 1. The molecule has 2 aliphatic rings. The van der Waals surface area contributed by atoms with Crippen molar-refractivity contribution in [1.29, 1.82) is 5.26 Å². The zero-order chi connectivity index (χ0) is 33.0. The van der Waals surface area contributed by atoms with Gasteiger partial charge in [-0.25, -0.2) is 14.8 Å². The van der Waals surface area contributed by atoms with Crippen molar-refractivity contribution in [2.45, 2.75) is 63.8 Å². The van der Waals surface area contributed by atoms with Gasteiger partial charge in [-0.15, -0.1) is 0 Å². The number of likely N-dealkylation sites (N-methyl/N-ethyl adjacent to an activating group) is 1. The van der Waals surface area contributed by atoms with Crippen LogP contribution in [-0.2, 0) is 4.74 Å². The van der Waals surface area contributed by atoms with Crippen LogP contribution >= 0.6 is 0 Å². The van der Waals surface area contributed by atoms with E-state index in [1.165, 1.54) is 0 Å². The molecule has 2 aliphatic heterocycles. The van der Waals surface area contributed by atoms with Gasteiger partial charge >= 0.3 is 6.09 Å². The third kappa shape index (κ3) is 5.46. The van der Waals surface area contributed by atoms with E-state index >= 15 is 0 Å². The molecule has 2 aromatic carbocycles. The first-order valence-electron chi connectivity index (χ1n) is 16.2. The number of piperidine rings is 1. The first-order valence-corrected chi connectivity index (χ1v) is 16.2. The van der Waals surface area contributed by atoms with Crippen LogP contribution in [-0.4, -0.2) is 86.4 Å². The number of ether oxygens (including phenoxy) is 1. The van der Waals surface area contributed by atoms with Crippen molar-refractivity contribution in [1.82, 2.24) is 28.9 Å². The Labute approximate surface area is 273 Å². The van der Waals surface area contributed by atoms with E-state index in [-0.39, 0.29) is 24.1 Å². The average molecular weight is 633 g/mol. The van der Waals surface area contributed by atoms with E-state index in [9.17, 15) is 14.9 Å². The minimum absolute atomic E-state index is 0.0399. The van der Waals surface area contributed by atoms with Gasteiger partial charge in [-0.2, -0.15) is 5.26 Å². The molecule has 2 fully saturated rings. The average Bonchev–Trinajstić information content (AvgIpc) is 3.45. The number of aromatic nitrogens is 4. The highest BCUT2D eigenvalue weighted by atomic mass is 16.6. The molecular weight excluding hydrogens is 592 g/mol. The van der Waals surface area contributed by atoms with E-state index in [2.05, 4.69) is 34.5 Å². The molecule has 11 nitrogen and oxygen atoms in total. The molecule has 11 heteroatoms. The quantitative estimate of drug-likeness (QED) is 0.250. The number of rotatable bonds is 5. The highest BCUT2D eigenvalue weighted by Gasteiger charge is 2.37. The maximum absolute atomic E-state index is 14.4. The third-order valence-electron chi connectivity index (χ3n) is 9.50. The smallest absolute Gasteiger partial charge is 0.410 e. The molecule has 2 saturated heterocycles. The molecule has 47 heavy (non-hydrogen) atoms. The molecule has 242 valence electrons. The zero-order valence-corrected chi connectivity index (χ0v) is 27.6. The number of nitriles is 1. The fourth-order valence-electron chi connectivity index (χ4n) is 6.98. The van der Waals surface area contributed by atoms with Gasteiger partial charge in [-0.3, -0.25) is 9.36 Å². The maximum Gasteiger partial charge on any atom is 0.410 e. The number of benzene rings is 2. The number of carbonyl (C=O) groups excluding carboxylic acids is 1. The second kappa shape index (κ2) is 11.7. The van der Waals surface area contributed by atoms with Crippen molar-refractivity contribution in [2.24, 2.45) is 0 Å². The third-order valence-corrected chi connectivity index (χ3v) is 9.50. The highest BCUT2D eigenvalue weighted by molar-refractivity contribution is 6.07. The number of imidazole rings is 1. The largest absolute Gasteiger partial charge is 0.444 e. The van der Waals surface area contributed by atoms with Crippen molar-refractivity contribution in [2.75, 3.05) is 38.6 Å². The molecule has 3 aromatic heterocycles. The fraction of sp³-hybridized carbons (Fsp3) is 0.417. The minimum atomic E-state index is -0.630. The Bertz CT molecular complexity index is 2090. The van der Waals surface area contributed by atoms with Crippen molar-refractivity contribution >= 4 is 44.6 Å². The second-order valence-electron chi connectivity index (χ2n) is 13.9. The summed E-state index contributed by atoms with van der Waals surface area (Å²) in [5.41, 5.74) is 1.97. The molecule has 7 rings (SSSR count). The molecule has 1 amide bonds. The van der Waals surface area contributed by atoms with Crippen molar-refractivity contribution < 1.29 is 9.53 Å². The molecule has 0 radical (unpaired) electrons. The van der Waals surface area contributed by atoms with Gasteiger partial charge in [0.25, 0.3) is 5.56 Å². The van der Waals surface area contributed by atoms with Gasteiger partial charge in [0, 0.05) is 54.7 Å². The predicted octanol–water partition coefficient (Wildman–Crippen LogP) is 5.49. The first kappa shape index (κ1) is 30.7. The summed E-state index contributed by atoms with van der Waals surface area (Å²) in [6.45, 7) is 7.56. The van der Waals surface area contributed by atoms with Gasteiger partial charge in [-0.05, 0) is 65.2 Å². The Morgan fingerprint density at radius 2 is 1.83 bits per heavy atom. The monoisotopic (exact) mass is 632 g/mol. The van der Waals surface area contributed by atoms with Gasteiger partial charge in [0.05, 0.1) is 30.0 Å². The van der Waals surface area contributed by atoms with Crippen LogP contribution in [0.25, 0.3) is 38.4 Å². The Morgan fingerprint density at radius 1 is 1.06 bits per heavy atom. The number of nitrogens with zero attached hydrogens (tertiary/aromatic N) is 8. The van der Waals surface area contributed by atoms with Crippen LogP contribution < -0.4 is 10.5 Å². The van der Waals surface area contributed by atoms with Gasteiger partial charge < -0.3 is 24.0 Å². The lowest BCUT2D eigenvalue weighted by atomic mass is 9.95. The molecular formula is C36H40N8O3. The van der Waals surface area contributed by atoms with Crippen LogP contribution in [0.2, 0.25) is 0 Å². The lowest BCUT2D eigenvalue weighted by molar-refractivity contribution is 0.00618. The topological polar surface area (TPSA) is 113 Å². The van der Waals surface area contributed by atoms with Crippen LogP contribution in [0.15, 0.2) is 65.8 Å². The summed E-state index contributed by atoms with van der Waals surface area (Å²) in [6.07, 6.45) is 4.70. The Balaban J connectivity index is 1.35. The van der Waals surface area contributed by atoms with Crippen molar-refractivity contribution in [3.8, 4) is 11.8 Å². The number of hydrogen-bond acceptors (Lipinski definition) is 8. The molecule has 0 spiro atoms. The lowest BCUT2D eigenvalue weighted by Crippen LogP contribution is -2.57. The van der Waals surface area contributed by atoms with E-state index in [4.69, 9.17) is 14.7 Å². The Hall–Kier alpha value is -4.95. The standard InChI is InChI=1S/C36H40N8O3/c1-36(2,3)47-35(46)42-17-14-25(19-24(42)13-16-37)44-22-38-31-32(44)28-15-18-43(29-12-8-10-23-9-6-7-11-27(23)29)34(45)30(28)39-33(31)41-20-26(21-41)40(4)5/h6-12,15,18,22,24-26H,13-14,17,19-21H2,1-5H3/t24-,25+/m1/s1. The predicted molar refractivity (Wildman–Crippen MR) is 183 cm³/mol. The number of fused-ring (bicyclic) bond motifs is 4. The van der Waals surface area contributed by atoms with Gasteiger partial charge in [0.2, 0.25) is 0 Å². The zero-order valence-electron chi connectivity index (χ0n) is 27.6. The minimum Gasteiger partial charge on any atom is -0.444 e. The summed E-state index contributed by atoms with van der Waals surface area (Å²) in [5.74, 6) is 0.705. The van der Waals surface area contributed by atoms with E-state index in [0.29, 0.717) is 36.8 Å². The molecule has 2 atom stereocenters. The van der Waals surface area contributed by atoms with Crippen molar-refractivity contribution in [3.63, 3.8) is 0 Å². The van der Waals surface area contributed by atoms with E-state index in [1.54, 1.807) is 9.47 Å². The van der Waals surface area contributed by atoms with Crippen LogP contribution in [0.4, 0.5) is 10.6 Å². The summed E-state index contributed by atoms with van der Waals surface area (Å²) in [4.78, 5) is 43.5. The molecule has 0 unspecified atom stereocenters.